The predicted octanol–water partition coefficient (Wildman–Crippen LogP) is 3.74. The second kappa shape index (κ2) is 11.8. The molecule has 1 unspecified atom stereocenters. The van der Waals surface area contributed by atoms with E-state index in [1.165, 1.54) is 11.1 Å². The van der Waals surface area contributed by atoms with Crippen LogP contribution in [0.3, 0.4) is 0 Å². The first-order chi connectivity index (χ1) is 16.5. The number of hydrogen-bond acceptors (Lipinski definition) is 5. The summed E-state index contributed by atoms with van der Waals surface area (Å²) in [5, 5.41) is 10.0. The summed E-state index contributed by atoms with van der Waals surface area (Å²) in [7, 11) is 0. The van der Waals surface area contributed by atoms with Gasteiger partial charge in [0.25, 0.3) is 5.91 Å². The highest BCUT2D eigenvalue weighted by atomic mass is 16.5. The highest BCUT2D eigenvalue weighted by molar-refractivity contribution is 5.94. The van der Waals surface area contributed by atoms with Gasteiger partial charge < -0.3 is 19.5 Å². The normalized spacial score (nSPS) is 20.4. The number of benzene rings is 2. The number of aliphatic hydroxyl groups excluding tert-OH is 1. The molecule has 0 aliphatic carbocycles. The molecule has 0 spiro atoms. The number of rotatable bonds is 3. The summed E-state index contributed by atoms with van der Waals surface area (Å²) in [6, 6.07) is 14.4. The molecule has 6 nitrogen and oxygen atoms in total. The monoisotopic (exact) mass is 466 g/mol. The lowest BCUT2D eigenvalue weighted by Gasteiger charge is -2.30. The molecular weight excluding hydrogens is 428 g/mol. The van der Waals surface area contributed by atoms with Gasteiger partial charge in [-0.25, -0.2) is 0 Å². The Morgan fingerprint density at radius 2 is 1.94 bits per heavy atom. The number of β-amino-alcohol motifs (C(OH)–C–C–N with tert-alkyl or cyclic N) is 1. The van der Waals surface area contributed by atoms with Crippen LogP contribution in [0.1, 0.15) is 53.7 Å². The summed E-state index contributed by atoms with van der Waals surface area (Å²) in [6.07, 6.45) is 1.85. The van der Waals surface area contributed by atoms with E-state index in [0.29, 0.717) is 50.8 Å². The number of ether oxygens (including phenoxy) is 2. The Kier molecular flexibility index (Phi) is 8.59. The van der Waals surface area contributed by atoms with Crippen molar-refractivity contribution in [3.63, 3.8) is 0 Å². The Morgan fingerprint density at radius 1 is 1.09 bits per heavy atom. The molecule has 4 rings (SSSR count). The smallest absolute Gasteiger partial charge is 0.253 e. The van der Waals surface area contributed by atoms with Crippen LogP contribution in [0.4, 0.5) is 0 Å². The van der Waals surface area contributed by atoms with Crippen molar-refractivity contribution < 1.29 is 19.4 Å². The number of hydrogen-bond donors (Lipinski definition) is 1. The van der Waals surface area contributed by atoms with Crippen LogP contribution in [0.25, 0.3) is 0 Å². The molecule has 2 aromatic carbocycles. The van der Waals surface area contributed by atoms with Crippen LogP contribution in [0.2, 0.25) is 0 Å². The van der Waals surface area contributed by atoms with Gasteiger partial charge in [-0.1, -0.05) is 38.1 Å². The molecular formula is C28H38N2O4. The first kappa shape index (κ1) is 24.7. The van der Waals surface area contributed by atoms with Gasteiger partial charge in [0.2, 0.25) is 0 Å². The fourth-order valence-electron chi connectivity index (χ4n) is 4.89. The van der Waals surface area contributed by atoms with Crippen LogP contribution in [-0.4, -0.2) is 72.9 Å². The van der Waals surface area contributed by atoms with E-state index in [0.717, 1.165) is 43.8 Å². The van der Waals surface area contributed by atoms with E-state index in [9.17, 15) is 9.90 Å². The van der Waals surface area contributed by atoms with E-state index in [-0.39, 0.29) is 5.91 Å². The van der Waals surface area contributed by atoms with Gasteiger partial charge in [0.1, 0.15) is 12.4 Å². The average molecular weight is 467 g/mol. The Labute approximate surface area is 203 Å². The maximum atomic E-state index is 13.1. The molecule has 2 bridgehead atoms. The molecule has 1 fully saturated rings. The lowest BCUT2D eigenvalue weighted by molar-refractivity contribution is 0.0473. The fourth-order valence-corrected chi connectivity index (χ4v) is 4.89. The van der Waals surface area contributed by atoms with E-state index >= 15 is 0 Å². The van der Waals surface area contributed by atoms with Gasteiger partial charge in [0, 0.05) is 44.7 Å². The number of aliphatic hydroxyl groups is 1. The minimum Gasteiger partial charge on any atom is -0.491 e. The van der Waals surface area contributed by atoms with Crippen molar-refractivity contribution in [1.29, 1.82) is 0 Å². The minimum absolute atomic E-state index is 0.0256. The number of nitrogens with zero attached hydrogens (tertiary/aromatic N) is 2. The van der Waals surface area contributed by atoms with Crippen LogP contribution in [-0.2, 0) is 17.7 Å². The van der Waals surface area contributed by atoms with E-state index < -0.39 is 6.10 Å². The first-order valence-electron chi connectivity index (χ1n) is 12.6. The molecule has 1 saturated heterocycles. The quantitative estimate of drug-likeness (QED) is 0.747. The van der Waals surface area contributed by atoms with Gasteiger partial charge in [-0.05, 0) is 53.6 Å². The van der Waals surface area contributed by atoms with Gasteiger partial charge in [0.05, 0.1) is 19.3 Å². The zero-order valence-corrected chi connectivity index (χ0v) is 20.5. The van der Waals surface area contributed by atoms with Crippen molar-refractivity contribution in [3.8, 4) is 5.75 Å². The van der Waals surface area contributed by atoms with E-state index in [1.807, 2.05) is 18.2 Å². The Hall–Kier alpha value is -2.41. The van der Waals surface area contributed by atoms with Crippen molar-refractivity contribution in [1.82, 2.24) is 9.80 Å². The van der Waals surface area contributed by atoms with Crippen LogP contribution in [0, 0.1) is 5.92 Å². The molecule has 184 valence electrons. The highest BCUT2D eigenvalue weighted by Gasteiger charge is 2.24. The topological polar surface area (TPSA) is 62.2 Å². The lowest BCUT2D eigenvalue weighted by atomic mass is 9.99. The number of carbonyl (C=O) groups is 1. The summed E-state index contributed by atoms with van der Waals surface area (Å²) in [6.45, 7) is 10.1. The summed E-state index contributed by atoms with van der Waals surface area (Å²) < 4.78 is 11.9. The Morgan fingerprint density at radius 3 is 2.76 bits per heavy atom. The molecule has 0 saturated carbocycles. The van der Waals surface area contributed by atoms with Gasteiger partial charge in [-0.2, -0.15) is 0 Å². The molecule has 2 heterocycles. The zero-order chi connectivity index (χ0) is 23.9. The first-order valence-corrected chi connectivity index (χ1v) is 12.6. The molecule has 34 heavy (non-hydrogen) atoms. The molecule has 2 aliphatic heterocycles. The van der Waals surface area contributed by atoms with Crippen LogP contribution in [0.15, 0.2) is 42.5 Å². The second-order valence-electron chi connectivity index (χ2n) is 9.96. The summed E-state index contributed by atoms with van der Waals surface area (Å²) >= 11 is 0. The third kappa shape index (κ3) is 6.81. The largest absolute Gasteiger partial charge is 0.491 e. The highest BCUT2D eigenvalue weighted by Crippen LogP contribution is 2.26. The standard InChI is InChI=1S/C28H38N2O4/c1-21(2)18-29-11-12-33-13-14-34-27-9-8-24(28(32)30-10-4-7-26(31)20-30)17-25(27)16-22-5-3-6-23(15-22)19-29/h3,5-6,8-9,15,17,21,26,31H,4,7,10-14,16,18-20H2,1-2H3. The maximum absolute atomic E-state index is 13.1. The molecule has 2 aliphatic rings. The molecule has 1 N–H and O–H groups in total. The number of fused-ring (bicyclic) bond motifs is 3. The second-order valence-corrected chi connectivity index (χ2v) is 9.96. The summed E-state index contributed by atoms with van der Waals surface area (Å²) in [5.41, 5.74) is 4.13. The average Bonchev–Trinajstić information content (AvgIpc) is 2.81. The fraction of sp³-hybridized carbons (Fsp3) is 0.536. The lowest BCUT2D eigenvalue weighted by Crippen LogP contribution is -2.42. The van der Waals surface area contributed by atoms with Crippen molar-refractivity contribution in [2.45, 2.75) is 45.8 Å². The molecule has 1 amide bonds. The SMILES string of the molecule is CC(C)CN1CCOCCOc2ccc(C(=O)N3CCCC(O)C3)cc2Cc2cccc(c2)C1. The number of likely N-dealkylation sites (tertiary alicyclic amines) is 1. The number of piperidine rings is 1. The van der Waals surface area contributed by atoms with Gasteiger partial charge in [-0.3, -0.25) is 9.69 Å². The van der Waals surface area contributed by atoms with E-state index in [4.69, 9.17) is 9.47 Å². The van der Waals surface area contributed by atoms with Gasteiger partial charge >= 0.3 is 0 Å². The van der Waals surface area contributed by atoms with Crippen LogP contribution in [0.5, 0.6) is 5.75 Å². The third-order valence-electron chi connectivity index (χ3n) is 6.44. The van der Waals surface area contributed by atoms with Crippen molar-refractivity contribution >= 4 is 5.91 Å². The predicted molar refractivity (Wildman–Crippen MR) is 133 cm³/mol. The Bertz CT molecular complexity index is 961. The van der Waals surface area contributed by atoms with E-state index in [2.05, 4.69) is 43.0 Å². The minimum atomic E-state index is -0.434. The molecule has 6 heteroatoms. The molecule has 1 atom stereocenters. The molecule has 0 aromatic heterocycles. The summed E-state index contributed by atoms with van der Waals surface area (Å²) in [5.74, 6) is 1.36. The Balaban J connectivity index is 1.59. The third-order valence-corrected chi connectivity index (χ3v) is 6.44. The summed E-state index contributed by atoms with van der Waals surface area (Å²) in [4.78, 5) is 17.4. The van der Waals surface area contributed by atoms with Crippen LogP contribution < -0.4 is 4.74 Å². The van der Waals surface area contributed by atoms with Crippen molar-refractivity contribution in [2.24, 2.45) is 5.92 Å². The number of carbonyl (C=O) groups excluding carboxylic acids is 1. The van der Waals surface area contributed by atoms with Crippen molar-refractivity contribution in [2.75, 3.05) is 46.0 Å². The van der Waals surface area contributed by atoms with Crippen LogP contribution >= 0.6 is 0 Å². The zero-order valence-electron chi connectivity index (χ0n) is 20.5. The van der Waals surface area contributed by atoms with Gasteiger partial charge in [-0.15, -0.1) is 0 Å². The molecule has 2 aromatic rings. The van der Waals surface area contributed by atoms with Gasteiger partial charge in [0.15, 0.2) is 0 Å². The maximum Gasteiger partial charge on any atom is 0.253 e. The molecule has 0 radical (unpaired) electrons. The van der Waals surface area contributed by atoms with Crippen molar-refractivity contribution in [3.05, 3.63) is 64.7 Å². The van der Waals surface area contributed by atoms with E-state index in [1.54, 1.807) is 4.90 Å². The number of amides is 1.